The van der Waals surface area contributed by atoms with Crippen LogP contribution in [0.15, 0.2) is 0 Å². The van der Waals surface area contributed by atoms with Gasteiger partial charge in [-0.1, -0.05) is 20.8 Å². The van der Waals surface area contributed by atoms with Crippen molar-refractivity contribution in [2.45, 2.75) is 39.7 Å². The Morgan fingerprint density at radius 2 is 1.94 bits per heavy atom. The lowest BCUT2D eigenvalue weighted by Crippen LogP contribution is -2.41. The summed E-state index contributed by atoms with van der Waals surface area (Å²) in [4.78, 5) is 0. The number of hydrogen-bond donors (Lipinski definition) is 2. The fourth-order valence-corrected chi connectivity index (χ4v) is 3.02. The van der Waals surface area contributed by atoms with Gasteiger partial charge in [0.15, 0.2) is 0 Å². The molecule has 17 heavy (non-hydrogen) atoms. The van der Waals surface area contributed by atoms with E-state index in [1.807, 2.05) is 20.8 Å². The molecule has 0 saturated heterocycles. The highest BCUT2D eigenvalue weighted by atomic mass is 32.2. The van der Waals surface area contributed by atoms with Crippen LogP contribution in [-0.4, -0.2) is 40.5 Å². The van der Waals surface area contributed by atoms with Gasteiger partial charge in [0.05, 0.1) is 12.4 Å². The van der Waals surface area contributed by atoms with Crippen molar-refractivity contribution in [3.05, 3.63) is 0 Å². The van der Waals surface area contributed by atoms with Crippen LogP contribution in [-0.2, 0) is 14.8 Å². The predicted molar refractivity (Wildman–Crippen MR) is 70.3 cm³/mol. The van der Waals surface area contributed by atoms with E-state index >= 15 is 0 Å². The third-order valence-corrected chi connectivity index (χ3v) is 3.78. The Labute approximate surface area is 105 Å². The van der Waals surface area contributed by atoms with Crippen molar-refractivity contribution in [1.29, 1.82) is 0 Å². The van der Waals surface area contributed by atoms with Gasteiger partial charge in [0.2, 0.25) is 10.0 Å². The third kappa shape index (κ3) is 9.52. The van der Waals surface area contributed by atoms with Gasteiger partial charge >= 0.3 is 0 Å². The molecule has 3 N–H and O–H groups in total. The molecule has 0 rings (SSSR count). The molecule has 0 spiro atoms. The maximum absolute atomic E-state index is 11.8. The standard InChI is InChI=1S/C11H26N2O3S/c1-11(2,3)6-8-17(14,15)13-10(5-7-12)9-16-4/h10,13H,5-9,12H2,1-4H3. The van der Waals surface area contributed by atoms with E-state index in [9.17, 15) is 8.42 Å². The molecular formula is C11H26N2O3S. The molecule has 5 nitrogen and oxygen atoms in total. The molecule has 0 aromatic carbocycles. The summed E-state index contributed by atoms with van der Waals surface area (Å²) in [6.07, 6.45) is 1.22. The van der Waals surface area contributed by atoms with Gasteiger partial charge < -0.3 is 10.5 Å². The van der Waals surface area contributed by atoms with Crippen LogP contribution in [0.1, 0.15) is 33.6 Å². The van der Waals surface area contributed by atoms with Gasteiger partial charge in [0.25, 0.3) is 0 Å². The SMILES string of the molecule is COCC(CCN)NS(=O)(=O)CCC(C)(C)C. The summed E-state index contributed by atoms with van der Waals surface area (Å²) < 4.78 is 31.3. The zero-order chi connectivity index (χ0) is 13.5. The van der Waals surface area contributed by atoms with E-state index in [0.717, 1.165) is 0 Å². The molecule has 0 bridgehead atoms. The van der Waals surface area contributed by atoms with Crippen molar-refractivity contribution in [3.63, 3.8) is 0 Å². The van der Waals surface area contributed by atoms with Crippen LogP contribution >= 0.6 is 0 Å². The van der Waals surface area contributed by atoms with Crippen LogP contribution in [0.5, 0.6) is 0 Å². The van der Waals surface area contributed by atoms with Gasteiger partial charge in [-0.15, -0.1) is 0 Å². The Hall–Kier alpha value is -0.170. The fourth-order valence-electron chi connectivity index (χ4n) is 1.33. The van der Waals surface area contributed by atoms with E-state index in [1.165, 1.54) is 0 Å². The van der Waals surface area contributed by atoms with Crippen molar-refractivity contribution in [2.24, 2.45) is 11.1 Å². The summed E-state index contributed by atoms with van der Waals surface area (Å²) in [6.45, 7) is 6.86. The fraction of sp³-hybridized carbons (Fsp3) is 1.00. The highest BCUT2D eigenvalue weighted by molar-refractivity contribution is 7.89. The number of nitrogens with two attached hydrogens (primary N) is 1. The molecule has 0 aromatic heterocycles. The van der Waals surface area contributed by atoms with Crippen LogP contribution in [0.25, 0.3) is 0 Å². The summed E-state index contributed by atoms with van der Waals surface area (Å²) in [5, 5.41) is 0. The summed E-state index contributed by atoms with van der Waals surface area (Å²) >= 11 is 0. The van der Waals surface area contributed by atoms with Gasteiger partial charge in [-0.2, -0.15) is 0 Å². The van der Waals surface area contributed by atoms with E-state index in [2.05, 4.69) is 4.72 Å². The summed E-state index contributed by atoms with van der Waals surface area (Å²) in [5.74, 6) is 0.140. The average molecular weight is 266 g/mol. The molecule has 0 amide bonds. The molecular weight excluding hydrogens is 240 g/mol. The first kappa shape index (κ1) is 16.8. The topological polar surface area (TPSA) is 81.4 Å². The number of nitrogens with one attached hydrogen (secondary N) is 1. The van der Waals surface area contributed by atoms with E-state index in [0.29, 0.717) is 26.0 Å². The normalized spacial score (nSPS) is 14.9. The van der Waals surface area contributed by atoms with Crippen molar-refractivity contribution in [1.82, 2.24) is 4.72 Å². The molecule has 0 aliphatic heterocycles. The van der Waals surface area contributed by atoms with Crippen molar-refractivity contribution < 1.29 is 13.2 Å². The van der Waals surface area contributed by atoms with E-state index in [1.54, 1.807) is 7.11 Å². The lowest BCUT2D eigenvalue weighted by Gasteiger charge is -2.21. The van der Waals surface area contributed by atoms with E-state index in [4.69, 9.17) is 10.5 Å². The van der Waals surface area contributed by atoms with Gasteiger partial charge in [0, 0.05) is 13.2 Å². The Bertz CT molecular complexity index is 290. The average Bonchev–Trinajstić information content (AvgIpc) is 2.14. The largest absolute Gasteiger partial charge is 0.383 e. The zero-order valence-corrected chi connectivity index (χ0v) is 12.1. The first-order valence-corrected chi connectivity index (χ1v) is 7.54. The number of hydrogen-bond acceptors (Lipinski definition) is 4. The lowest BCUT2D eigenvalue weighted by atomic mass is 9.94. The molecule has 0 fully saturated rings. The molecule has 0 aliphatic rings. The first-order valence-electron chi connectivity index (χ1n) is 5.89. The van der Waals surface area contributed by atoms with Crippen LogP contribution in [0.4, 0.5) is 0 Å². The summed E-state index contributed by atoms with van der Waals surface area (Å²) in [5.41, 5.74) is 5.44. The van der Waals surface area contributed by atoms with Gasteiger partial charge in [-0.25, -0.2) is 13.1 Å². The van der Waals surface area contributed by atoms with Crippen LogP contribution in [0.3, 0.4) is 0 Å². The summed E-state index contributed by atoms with van der Waals surface area (Å²) in [6, 6.07) is -0.227. The van der Waals surface area contributed by atoms with E-state index in [-0.39, 0.29) is 17.2 Å². The second-order valence-corrected chi connectivity index (χ2v) is 7.35. The van der Waals surface area contributed by atoms with Crippen LogP contribution in [0, 0.1) is 5.41 Å². The van der Waals surface area contributed by atoms with Crippen LogP contribution < -0.4 is 10.5 Å². The van der Waals surface area contributed by atoms with Gasteiger partial charge in [0.1, 0.15) is 0 Å². The minimum Gasteiger partial charge on any atom is -0.383 e. The number of sulfonamides is 1. The molecule has 1 unspecified atom stereocenters. The number of ether oxygens (including phenoxy) is 1. The van der Waals surface area contributed by atoms with Crippen molar-refractivity contribution in [2.75, 3.05) is 26.0 Å². The molecule has 104 valence electrons. The smallest absolute Gasteiger partial charge is 0.211 e. The molecule has 0 radical (unpaired) electrons. The van der Waals surface area contributed by atoms with Crippen LogP contribution in [0.2, 0.25) is 0 Å². The van der Waals surface area contributed by atoms with Gasteiger partial charge in [-0.3, -0.25) is 0 Å². The Kier molecular flexibility index (Phi) is 7.23. The Balaban J connectivity index is 4.30. The molecule has 0 saturated carbocycles. The van der Waals surface area contributed by atoms with Crippen molar-refractivity contribution in [3.8, 4) is 0 Å². The van der Waals surface area contributed by atoms with Gasteiger partial charge in [-0.05, 0) is 24.8 Å². The quantitative estimate of drug-likeness (QED) is 0.678. The minimum atomic E-state index is -3.24. The predicted octanol–water partition coefficient (Wildman–Crippen LogP) is 0.706. The Morgan fingerprint density at radius 3 is 2.35 bits per heavy atom. The highest BCUT2D eigenvalue weighted by Gasteiger charge is 2.20. The molecule has 6 heteroatoms. The lowest BCUT2D eigenvalue weighted by molar-refractivity contribution is 0.172. The number of rotatable bonds is 8. The maximum Gasteiger partial charge on any atom is 0.211 e. The highest BCUT2D eigenvalue weighted by Crippen LogP contribution is 2.19. The summed E-state index contributed by atoms with van der Waals surface area (Å²) in [7, 11) is -1.70. The monoisotopic (exact) mass is 266 g/mol. The number of methoxy groups -OCH3 is 1. The molecule has 0 heterocycles. The zero-order valence-electron chi connectivity index (χ0n) is 11.3. The maximum atomic E-state index is 11.8. The molecule has 0 aromatic rings. The second-order valence-electron chi connectivity index (χ2n) is 5.48. The minimum absolute atomic E-state index is 0.0133. The van der Waals surface area contributed by atoms with E-state index < -0.39 is 10.0 Å². The van der Waals surface area contributed by atoms with Crippen molar-refractivity contribution >= 4 is 10.0 Å². The molecule has 1 atom stereocenters. The Morgan fingerprint density at radius 1 is 1.35 bits per heavy atom. The third-order valence-electron chi connectivity index (χ3n) is 2.35. The molecule has 0 aliphatic carbocycles. The first-order chi connectivity index (χ1) is 7.70. The second kappa shape index (κ2) is 7.31.